The fraction of sp³-hybridized carbons (Fsp3) is 0.400. The summed E-state index contributed by atoms with van der Waals surface area (Å²) in [6, 6.07) is 12.8. The lowest BCUT2D eigenvalue weighted by atomic mass is 9.66. The number of carbonyl (C=O) groups is 2. The van der Waals surface area contributed by atoms with Crippen molar-refractivity contribution in [2.24, 2.45) is 0 Å². The second-order valence-corrected chi connectivity index (χ2v) is 11.8. The van der Waals surface area contributed by atoms with Crippen LogP contribution in [-0.2, 0) is 15.0 Å². The van der Waals surface area contributed by atoms with Gasteiger partial charge < -0.3 is 35.0 Å². The van der Waals surface area contributed by atoms with Crippen LogP contribution in [0.5, 0.6) is 11.5 Å². The lowest BCUT2D eigenvalue weighted by molar-refractivity contribution is -0.134. The van der Waals surface area contributed by atoms with E-state index < -0.39 is 23.5 Å². The fourth-order valence-corrected chi connectivity index (χ4v) is 6.42. The number of rotatable bonds is 14. The first-order chi connectivity index (χ1) is 19.4. The van der Waals surface area contributed by atoms with Crippen molar-refractivity contribution in [2.75, 3.05) is 33.4 Å². The van der Waals surface area contributed by atoms with Gasteiger partial charge in [0.15, 0.2) is 0 Å². The third-order valence-corrected chi connectivity index (χ3v) is 8.31. The summed E-state index contributed by atoms with van der Waals surface area (Å²) < 4.78 is 13.0. The highest BCUT2D eigenvalue weighted by Crippen LogP contribution is 2.51. The summed E-state index contributed by atoms with van der Waals surface area (Å²) in [6.45, 7) is 6.52. The molecule has 1 unspecified atom stereocenters. The van der Waals surface area contributed by atoms with E-state index in [4.69, 9.17) is 9.47 Å². The van der Waals surface area contributed by atoms with Crippen molar-refractivity contribution in [3.8, 4) is 11.5 Å². The van der Waals surface area contributed by atoms with E-state index in [0.29, 0.717) is 63.5 Å². The molecule has 2 aromatic rings. The van der Waals surface area contributed by atoms with Crippen LogP contribution < -0.4 is 14.8 Å². The Morgan fingerprint density at radius 1 is 1.00 bits per heavy atom. The molecule has 0 bridgehead atoms. The number of nitrogens with zero attached hydrogens (tertiary/aromatic N) is 1. The lowest BCUT2D eigenvalue weighted by Crippen LogP contribution is -2.43. The third kappa shape index (κ3) is 7.51. The Morgan fingerprint density at radius 2 is 1.61 bits per heavy atom. The molecule has 11 heteroatoms. The molecule has 1 heterocycles. The highest BCUT2D eigenvalue weighted by atomic mass is 79.9. The maximum atomic E-state index is 12.6. The minimum absolute atomic E-state index is 0.0307. The number of carboxylic acid groups (broad SMARTS) is 2. The number of para-hydroxylation sites is 1. The topological polar surface area (TPSA) is 129 Å². The molecule has 1 aliphatic heterocycles. The summed E-state index contributed by atoms with van der Waals surface area (Å²) >= 11 is 7.02. The molecule has 0 fully saturated rings. The number of carboxylic acids is 2. The Morgan fingerprint density at radius 3 is 2.20 bits per heavy atom. The second-order valence-electron chi connectivity index (χ2n) is 10.0. The number of aliphatic hydroxyl groups is 1. The summed E-state index contributed by atoms with van der Waals surface area (Å²) in [5, 5.41) is 33.9. The van der Waals surface area contributed by atoms with Gasteiger partial charge in [-0.05, 0) is 80.4 Å². The highest BCUT2D eigenvalue weighted by molar-refractivity contribution is 9.11. The molecule has 0 aromatic heterocycles. The summed E-state index contributed by atoms with van der Waals surface area (Å²) in [4.78, 5) is 26.8. The molecule has 0 saturated heterocycles. The second kappa shape index (κ2) is 14.4. The smallest absolute Gasteiger partial charge is 0.334 e. The van der Waals surface area contributed by atoms with Crippen molar-refractivity contribution in [1.29, 1.82) is 0 Å². The van der Waals surface area contributed by atoms with E-state index in [-0.39, 0.29) is 17.8 Å². The Labute approximate surface area is 257 Å². The number of benzene rings is 2. The quantitative estimate of drug-likeness (QED) is 0.194. The van der Waals surface area contributed by atoms with Gasteiger partial charge in [-0.1, -0.05) is 34.1 Å². The largest absolute Gasteiger partial charge is 0.492 e. The molecule has 2 aromatic carbocycles. The van der Waals surface area contributed by atoms with E-state index in [1.165, 1.54) is 0 Å². The molecule has 1 atom stereocenters. The average molecular weight is 696 g/mol. The summed E-state index contributed by atoms with van der Waals surface area (Å²) in [5.41, 5.74) is -0.230. The highest BCUT2D eigenvalue weighted by Gasteiger charge is 2.50. The monoisotopic (exact) mass is 694 g/mol. The predicted octanol–water partition coefficient (Wildman–Crippen LogP) is 5.32. The molecular weight excluding hydrogens is 660 g/mol. The fourth-order valence-electron chi connectivity index (χ4n) is 5.08. The number of nitrogens with one attached hydrogen (secondary N) is 1. The van der Waals surface area contributed by atoms with Gasteiger partial charge in [0.05, 0.1) is 27.6 Å². The van der Waals surface area contributed by atoms with Crippen molar-refractivity contribution in [3.63, 3.8) is 0 Å². The van der Waals surface area contributed by atoms with Crippen molar-refractivity contribution in [1.82, 2.24) is 10.2 Å². The van der Waals surface area contributed by atoms with E-state index in [0.717, 1.165) is 6.42 Å². The maximum Gasteiger partial charge on any atom is 0.334 e. The molecule has 0 radical (unpaired) electrons. The molecule has 0 saturated carbocycles. The number of aliphatic hydroxyl groups excluding tert-OH is 1. The zero-order valence-corrected chi connectivity index (χ0v) is 26.7. The van der Waals surface area contributed by atoms with Gasteiger partial charge >= 0.3 is 11.9 Å². The van der Waals surface area contributed by atoms with Crippen LogP contribution in [0, 0.1) is 0 Å². The number of unbranched alkanes of at least 4 members (excludes halogenated alkanes) is 1. The van der Waals surface area contributed by atoms with Crippen LogP contribution in [0.25, 0.3) is 0 Å². The summed E-state index contributed by atoms with van der Waals surface area (Å²) in [5.74, 6) is -1.31. The summed E-state index contributed by atoms with van der Waals surface area (Å²) in [6.07, 6.45) is 0.783. The summed E-state index contributed by atoms with van der Waals surface area (Å²) in [7, 11) is 1.66. The van der Waals surface area contributed by atoms with Crippen LogP contribution in [0.2, 0.25) is 0 Å². The van der Waals surface area contributed by atoms with Gasteiger partial charge in [-0.15, -0.1) is 0 Å². The van der Waals surface area contributed by atoms with Crippen LogP contribution in [0.1, 0.15) is 39.2 Å². The van der Waals surface area contributed by atoms with Crippen molar-refractivity contribution in [3.05, 3.63) is 79.5 Å². The average Bonchev–Trinajstić information content (AvgIpc) is 2.91. The number of allylic oxidation sites excluding steroid dienone is 2. The zero-order chi connectivity index (χ0) is 30.3. The molecule has 0 aliphatic carbocycles. The van der Waals surface area contributed by atoms with E-state index in [9.17, 15) is 24.9 Å². The normalized spacial score (nSPS) is 15.6. The Hall–Kier alpha value is -2.86. The van der Waals surface area contributed by atoms with Gasteiger partial charge in [-0.3, -0.25) is 0 Å². The molecule has 4 N–H and O–H groups in total. The maximum absolute atomic E-state index is 12.6. The van der Waals surface area contributed by atoms with Gasteiger partial charge in [0.1, 0.15) is 24.2 Å². The van der Waals surface area contributed by atoms with E-state index in [2.05, 4.69) is 37.2 Å². The van der Waals surface area contributed by atoms with Crippen LogP contribution in [0.15, 0.2) is 74.0 Å². The third-order valence-electron chi connectivity index (χ3n) is 7.26. The molecule has 0 amide bonds. The molecular formula is C30H36Br2N2O7. The van der Waals surface area contributed by atoms with Crippen LogP contribution in [0.3, 0.4) is 0 Å². The minimum atomic E-state index is -1.50. The number of ether oxygens (including phenoxy) is 2. The predicted molar refractivity (Wildman–Crippen MR) is 163 cm³/mol. The first kappa shape index (κ1) is 32.7. The molecule has 0 spiro atoms. The van der Waals surface area contributed by atoms with Crippen LogP contribution in [0.4, 0.5) is 0 Å². The molecule has 3 rings (SSSR count). The molecule has 1 aliphatic rings. The van der Waals surface area contributed by atoms with Crippen LogP contribution >= 0.6 is 31.9 Å². The first-order valence-corrected chi connectivity index (χ1v) is 14.8. The standard InChI is InChI=1S/C30H36Br2N2O7/c1-18-25(28(36)37)30(3,26(29(38)39)19(2)34(18)4)23-14-20(31)15-24(32)27(23)40-13-9-8-12-33-16-21(35)17-41-22-10-6-5-7-11-22/h5-7,10-11,14-15,21,33,35H,8-9,12-13,16-17H2,1-4H3,(H,36,37)(H,38,39). The Balaban J connectivity index is 1.70. The zero-order valence-electron chi connectivity index (χ0n) is 23.5. The molecule has 222 valence electrons. The van der Waals surface area contributed by atoms with Gasteiger partial charge in [0.25, 0.3) is 0 Å². The SMILES string of the molecule is CC1=C(C(=O)O)C(C)(c2cc(Br)cc(Br)c2OCCCCNCC(O)COc2ccccc2)C(C(=O)O)=C(C)N1C. The Kier molecular flexibility index (Phi) is 11.4. The van der Waals surface area contributed by atoms with Gasteiger partial charge in [0.2, 0.25) is 0 Å². The Bertz CT molecular complexity index is 1290. The molecule has 9 nitrogen and oxygen atoms in total. The van der Waals surface area contributed by atoms with Crippen LogP contribution in [-0.4, -0.2) is 71.6 Å². The van der Waals surface area contributed by atoms with Gasteiger partial charge in [-0.25, -0.2) is 9.59 Å². The van der Waals surface area contributed by atoms with Crippen molar-refractivity contribution in [2.45, 2.75) is 45.1 Å². The van der Waals surface area contributed by atoms with Gasteiger partial charge in [0, 0.05) is 35.0 Å². The van der Waals surface area contributed by atoms with Gasteiger partial charge in [-0.2, -0.15) is 0 Å². The molecule has 41 heavy (non-hydrogen) atoms. The minimum Gasteiger partial charge on any atom is -0.492 e. The van der Waals surface area contributed by atoms with E-state index >= 15 is 0 Å². The van der Waals surface area contributed by atoms with Crippen molar-refractivity contribution >= 4 is 43.8 Å². The number of aliphatic carboxylic acids is 2. The number of hydrogen-bond donors (Lipinski definition) is 4. The van der Waals surface area contributed by atoms with E-state index in [1.807, 2.05) is 30.3 Å². The number of hydrogen-bond acceptors (Lipinski definition) is 7. The van der Waals surface area contributed by atoms with E-state index in [1.54, 1.807) is 44.9 Å². The number of halogens is 2. The first-order valence-electron chi connectivity index (χ1n) is 13.2. The van der Waals surface area contributed by atoms with Crippen molar-refractivity contribution < 1.29 is 34.4 Å². The lowest BCUT2D eigenvalue weighted by Gasteiger charge is -2.42.